The van der Waals surface area contributed by atoms with Crippen molar-refractivity contribution in [3.8, 4) is 0 Å². The molecule has 26 heavy (non-hydrogen) atoms. The average molecular weight is 369 g/mol. The van der Waals surface area contributed by atoms with E-state index in [1.54, 1.807) is 36.9 Å². The summed E-state index contributed by atoms with van der Waals surface area (Å²) in [4.78, 5) is 39.6. The van der Waals surface area contributed by atoms with Gasteiger partial charge in [0.05, 0.1) is 11.0 Å². The minimum atomic E-state index is -0.684. The van der Waals surface area contributed by atoms with Gasteiger partial charge < -0.3 is 14.9 Å². The molecule has 0 aliphatic rings. The van der Waals surface area contributed by atoms with E-state index in [0.29, 0.717) is 29.7 Å². The maximum absolute atomic E-state index is 12.3. The van der Waals surface area contributed by atoms with E-state index in [1.807, 2.05) is 30.3 Å². The molecule has 6 nitrogen and oxygen atoms in total. The van der Waals surface area contributed by atoms with Crippen LogP contribution < -0.4 is 16.4 Å². The Kier molecular flexibility index (Phi) is 5.58. The number of aromatic amines is 1. The summed E-state index contributed by atoms with van der Waals surface area (Å²) in [5.41, 5.74) is 0.251. The molecule has 0 radical (unpaired) electrons. The molecule has 3 rings (SSSR count). The van der Waals surface area contributed by atoms with E-state index in [4.69, 9.17) is 0 Å². The highest BCUT2D eigenvalue weighted by Gasteiger charge is 2.10. The second-order valence-electron chi connectivity index (χ2n) is 5.65. The number of amides is 1. The van der Waals surface area contributed by atoms with Crippen LogP contribution in [-0.4, -0.2) is 27.8 Å². The summed E-state index contributed by atoms with van der Waals surface area (Å²) in [6, 6.07) is 14.9. The minimum Gasteiger partial charge on any atom is -0.351 e. The molecule has 3 aromatic rings. The van der Waals surface area contributed by atoms with E-state index < -0.39 is 11.1 Å². The van der Waals surface area contributed by atoms with E-state index in [1.165, 1.54) is 4.57 Å². The van der Waals surface area contributed by atoms with Gasteiger partial charge in [0.1, 0.15) is 0 Å². The number of benzene rings is 2. The molecule has 134 valence electrons. The number of carbonyl (C=O) groups excluding carboxylic acids is 1. The summed E-state index contributed by atoms with van der Waals surface area (Å²) in [5, 5.41) is 2.87. The second kappa shape index (κ2) is 8.05. The van der Waals surface area contributed by atoms with Crippen molar-refractivity contribution in [3.05, 3.63) is 74.8 Å². The van der Waals surface area contributed by atoms with Crippen molar-refractivity contribution < 1.29 is 4.79 Å². The van der Waals surface area contributed by atoms with Crippen molar-refractivity contribution in [2.45, 2.75) is 18.4 Å². The van der Waals surface area contributed by atoms with Crippen LogP contribution in [0.3, 0.4) is 0 Å². The number of hydrogen-bond acceptors (Lipinski definition) is 4. The molecule has 0 spiro atoms. The SMILES string of the molecule is CCn1c(=O)c(=O)[nH]c2cc(C(=O)NCCSc3ccccc3)ccc21. The number of rotatable bonds is 6. The van der Waals surface area contributed by atoms with E-state index in [9.17, 15) is 14.4 Å². The minimum absolute atomic E-state index is 0.212. The molecule has 0 saturated carbocycles. The maximum Gasteiger partial charge on any atom is 0.316 e. The highest BCUT2D eigenvalue weighted by Crippen LogP contribution is 2.16. The summed E-state index contributed by atoms with van der Waals surface area (Å²) >= 11 is 1.67. The topological polar surface area (TPSA) is 84.0 Å². The molecule has 0 aliphatic heterocycles. The van der Waals surface area contributed by atoms with Crippen LogP contribution in [0, 0.1) is 0 Å². The van der Waals surface area contributed by atoms with Gasteiger partial charge in [0.25, 0.3) is 5.91 Å². The van der Waals surface area contributed by atoms with Gasteiger partial charge in [0, 0.05) is 29.3 Å². The van der Waals surface area contributed by atoms with Gasteiger partial charge in [-0.25, -0.2) is 0 Å². The zero-order chi connectivity index (χ0) is 18.5. The average Bonchev–Trinajstić information content (AvgIpc) is 2.66. The summed E-state index contributed by atoms with van der Waals surface area (Å²) in [7, 11) is 0. The Labute approximate surface area is 154 Å². The van der Waals surface area contributed by atoms with Crippen LogP contribution in [0.25, 0.3) is 11.0 Å². The van der Waals surface area contributed by atoms with Crippen molar-refractivity contribution in [2.75, 3.05) is 12.3 Å². The largest absolute Gasteiger partial charge is 0.351 e. The molecule has 0 aliphatic carbocycles. The predicted molar refractivity (Wildman–Crippen MR) is 104 cm³/mol. The molecule has 0 unspecified atom stereocenters. The summed E-state index contributed by atoms with van der Waals surface area (Å²) < 4.78 is 1.40. The Morgan fingerprint density at radius 2 is 1.92 bits per heavy atom. The lowest BCUT2D eigenvalue weighted by molar-refractivity contribution is 0.0956. The molecule has 2 N–H and O–H groups in total. The fourth-order valence-corrected chi connectivity index (χ4v) is 3.48. The monoisotopic (exact) mass is 369 g/mol. The van der Waals surface area contributed by atoms with Gasteiger partial charge in [-0.2, -0.15) is 0 Å². The first-order valence-corrected chi connectivity index (χ1v) is 9.31. The van der Waals surface area contributed by atoms with E-state index >= 15 is 0 Å². The van der Waals surface area contributed by atoms with Crippen molar-refractivity contribution in [1.29, 1.82) is 0 Å². The molecule has 0 saturated heterocycles. The van der Waals surface area contributed by atoms with Crippen LogP contribution >= 0.6 is 11.8 Å². The van der Waals surface area contributed by atoms with Gasteiger partial charge >= 0.3 is 11.1 Å². The number of carbonyl (C=O) groups is 1. The Bertz CT molecular complexity index is 1040. The van der Waals surface area contributed by atoms with Crippen molar-refractivity contribution >= 4 is 28.7 Å². The molecule has 0 bridgehead atoms. The number of hydrogen-bond donors (Lipinski definition) is 2. The van der Waals surface area contributed by atoms with Crippen molar-refractivity contribution in [1.82, 2.24) is 14.9 Å². The molecule has 2 aromatic carbocycles. The number of aromatic nitrogens is 2. The first kappa shape index (κ1) is 18.0. The highest BCUT2D eigenvalue weighted by atomic mass is 32.2. The molecule has 0 atom stereocenters. The van der Waals surface area contributed by atoms with Gasteiger partial charge in [-0.15, -0.1) is 11.8 Å². The van der Waals surface area contributed by atoms with Crippen LogP contribution in [0.1, 0.15) is 17.3 Å². The third kappa shape index (κ3) is 3.88. The predicted octanol–water partition coefficient (Wildman–Crippen LogP) is 2.23. The van der Waals surface area contributed by atoms with Gasteiger partial charge in [0.2, 0.25) is 0 Å². The lowest BCUT2D eigenvalue weighted by Crippen LogP contribution is -2.36. The Morgan fingerprint density at radius 1 is 1.15 bits per heavy atom. The van der Waals surface area contributed by atoms with E-state index in [-0.39, 0.29) is 5.91 Å². The Hall–Kier alpha value is -2.80. The van der Waals surface area contributed by atoms with Crippen molar-refractivity contribution in [2.24, 2.45) is 0 Å². The normalized spacial score (nSPS) is 10.8. The maximum atomic E-state index is 12.3. The molecule has 0 fully saturated rings. The molecule has 1 heterocycles. The molecular formula is C19H19N3O3S. The van der Waals surface area contributed by atoms with Crippen LogP contribution in [0.2, 0.25) is 0 Å². The first-order chi connectivity index (χ1) is 12.6. The van der Waals surface area contributed by atoms with E-state index in [0.717, 1.165) is 10.6 Å². The standard InChI is InChI=1S/C19H19N3O3S/c1-2-22-16-9-8-13(12-15(16)21-18(24)19(22)25)17(23)20-10-11-26-14-6-4-3-5-7-14/h3-9,12H,2,10-11H2,1H3,(H,20,23)(H,21,24). The van der Waals surface area contributed by atoms with Crippen LogP contribution in [-0.2, 0) is 6.54 Å². The molecule has 1 aromatic heterocycles. The third-order valence-corrected chi connectivity index (χ3v) is 4.97. The smallest absolute Gasteiger partial charge is 0.316 e. The fraction of sp³-hybridized carbons (Fsp3) is 0.211. The van der Waals surface area contributed by atoms with Gasteiger partial charge in [-0.05, 0) is 37.3 Å². The first-order valence-electron chi connectivity index (χ1n) is 8.33. The van der Waals surface area contributed by atoms with Crippen molar-refractivity contribution in [3.63, 3.8) is 0 Å². The Balaban J connectivity index is 1.69. The molecular weight excluding hydrogens is 350 g/mol. The zero-order valence-corrected chi connectivity index (χ0v) is 15.1. The van der Waals surface area contributed by atoms with E-state index in [2.05, 4.69) is 10.3 Å². The summed E-state index contributed by atoms with van der Waals surface area (Å²) in [6.45, 7) is 2.72. The third-order valence-electron chi connectivity index (χ3n) is 3.95. The zero-order valence-electron chi connectivity index (χ0n) is 14.3. The molecule has 1 amide bonds. The molecule has 7 heteroatoms. The highest BCUT2D eigenvalue weighted by molar-refractivity contribution is 7.99. The van der Waals surface area contributed by atoms with Gasteiger partial charge in [0.15, 0.2) is 0 Å². The number of nitrogens with one attached hydrogen (secondary N) is 2. The number of nitrogens with zero attached hydrogens (tertiary/aromatic N) is 1. The van der Waals surface area contributed by atoms with Crippen LogP contribution in [0.15, 0.2) is 63.0 Å². The summed E-state index contributed by atoms with van der Waals surface area (Å²) in [5.74, 6) is 0.547. The lowest BCUT2D eigenvalue weighted by atomic mass is 10.1. The fourth-order valence-electron chi connectivity index (χ4n) is 2.69. The number of aryl methyl sites for hydroxylation is 1. The van der Waals surface area contributed by atoms with Crippen LogP contribution in [0.4, 0.5) is 0 Å². The van der Waals surface area contributed by atoms with Gasteiger partial charge in [-0.3, -0.25) is 14.4 Å². The Morgan fingerprint density at radius 3 is 2.65 bits per heavy atom. The number of thioether (sulfide) groups is 1. The van der Waals surface area contributed by atoms with Crippen LogP contribution in [0.5, 0.6) is 0 Å². The second-order valence-corrected chi connectivity index (χ2v) is 6.82. The van der Waals surface area contributed by atoms with Gasteiger partial charge in [-0.1, -0.05) is 18.2 Å². The quantitative estimate of drug-likeness (QED) is 0.396. The number of fused-ring (bicyclic) bond motifs is 1. The summed E-state index contributed by atoms with van der Waals surface area (Å²) in [6.07, 6.45) is 0. The lowest BCUT2D eigenvalue weighted by Gasteiger charge is -2.09. The number of H-pyrrole nitrogens is 1.